The lowest BCUT2D eigenvalue weighted by molar-refractivity contribution is 0.614. The summed E-state index contributed by atoms with van der Waals surface area (Å²) in [5.41, 5.74) is 0. The molecule has 0 aromatic heterocycles. The zero-order chi connectivity index (χ0) is 9.78. The van der Waals surface area contributed by atoms with Crippen LogP contribution >= 0.6 is 0 Å². The van der Waals surface area contributed by atoms with Gasteiger partial charge in [-0.3, -0.25) is 0 Å². The van der Waals surface area contributed by atoms with Gasteiger partial charge in [0.15, 0.2) is 0 Å². The Morgan fingerprint density at radius 2 is 1.23 bits per heavy atom. The Hall–Kier alpha value is -0.440. The van der Waals surface area contributed by atoms with Crippen LogP contribution in [0.1, 0.15) is 71.6 Å². The third-order valence-electron chi connectivity index (χ3n) is 2.16. The summed E-state index contributed by atoms with van der Waals surface area (Å²) in [5.74, 6) is 6.41. The quantitative estimate of drug-likeness (QED) is 0.398. The van der Waals surface area contributed by atoms with Gasteiger partial charge in [0, 0.05) is 12.8 Å². The summed E-state index contributed by atoms with van der Waals surface area (Å²) in [7, 11) is 0. The topological polar surface area (TPSA) is 0 Å². The van der Waals surface area contributed by atoms with Crippen molar-refractivity contribution in [1.29, 1.82) is 0 Å². The van der Waals surface area contributed by atoms with Gasteiger partial charge in [0.05, 0.1) is 0 Å². The van der Waals surface area contributed by atoms with Crippen molar-refractivity contribution in [2.24, 2.45) is 0 Å². The Morgan fingerprint density at radius 1 is 0.615 bits per heavy atom. The van der Waals surface area contributed by atoms with E-state index in [-0.39, 0.29) is 0 Å². The molecule has 0 aromatic carbocycles. The molecule has 0 radical (unpaired) electrons. The molecule has 0 spiro atoms. The number of rotatable bonds is 7. The minimum Gasteiger partial charge on any atom is -0.103 e. The summed E-state index contributed by atoms with van der Waals surface area (Å²) in [6, 6.07) is 0. The van der Waals surface area contributed by atoms with Gasteiger partial charge in [-0.2, -0.15) is 0 Å². The first-order valence-corrected chi connectivity index (χ1v) is 5.87. The highest BCUT2D eigenvalue weighted by Crippen LogP contribution is 2.06. The summed E-state index contributed by atoms with van der Waals surface area (Å²) in [6.07, 6.45) is 11.6. The smallest absolute Gasteiger partial charge is 0.00886 e. The Morgan fingerprint density at radius 3 is 1.92 bits per heavy atom. The van der Waals surface area contributed by atoms with Crippen molar-refractivity contribution in [3.63, 3.8) is 0 Å². The van der Waals surface area contributed by atoms with Gasteiger partial charge in [-0.15, -0.1) is 11.8 Å². The molecule has 0 saturated carbocycles. The first kappa shape index (κ1) is 12.6. The standard InChI is InChI=1S/C13H24/c1-3-5-7-9-11-13-12-10-8-6-4-2/h3-7,9,11-13H2,1-2H3. The Bertz CT molecular complexity index is 136. The lowest BCUT2D eigenvalue weighted by Crippen LogP contribution is -1.77. The van der Waals surface area contributed by atoms with Gasteiger partial charge in [0.25, 0.3) is 0 Å². The predicted octanol–water partition coefficient (Wildman–Crippen LogP) is 4.54. The van der Waals surface area contributed by atoms with Crippen LogP contribution in [0.4, 0.5) is 0 Å². The average Bonchev–Trinajstić information content (AvgIpc) is 2.16. The molecule has 0 aliphatic rings. The maximum atomic E-state index is 3.23. The first-order chi connectivity index (χ1) is 6.41. The van der Waals surface area contributed by atoms with E-state index in [0.29, 0.717) is 0 Å². The third-order valence-corrected chi connectivity index (χ3v) is 2.16. The highest BCUT2D eigenvalue weighted by Gasteiger charge is 1.87. The molecule has 0 saturated heterocycles. The minimum absolute atomic E-state index is 1.08. The van der Waals surface area contributed by atoms with Crippen molar-refractivity contribution in [2.45, 2.75) is 71.6 Å². The van der Waals surface area contributed by atoms with Gasteiger partial charge in [0.1, 0.15) is 0 Å². The van der Waals surface area contributed by atoms with E-state index in [4.69, 9.17) is 0 Å². The van der Waals surface area contributed by atoms with E-state index in [1.807, 2.05) is 0 Å². The fraction of sp³-hybridized carbons (Fsp3) is 0.846. The van der Waals surface area contributed by atoms with E-state index >= 15 is 0 Å². The van der Waals surface area contributed by atoms with Gasteiger partial charge < -0.3 is 0 Å². The van der Waals surface area contributed by atoms with E-state index in [1.165, 1.54) is 44.9 Å². The van der Waals surface area contributed by atoms with E-state index in [9.17, 15) is 0 Å². The third kappa shape index (κ3) is 11.6. The van der Waals surface area contributed by atoms with E-state index in [2.05, 4.69) is 25.7 Å². The summed E-state index contributed by atoms with van der Waals surface area (Å²) >= 11 is 0. The molecule has 0 aliphatic carbocycles. The fourth-order valence-corrected chi connectivity index (χ4v) is 1.30. The van der Waals surface area contributed by atoms with Gasteiger partial charge in [-0.1, -0.05) is 46.0 Å². The number of hydrogen-bond acceptors (Lipinski definition) is 0. The molecule has 0 N–H and O–H groups in total. The second-order valence-corrected chi connectivity index (χ2v) is 3.62. The number of hydrogen-bond donors (Lipinski definition) is 0. The van der Waals surface area contributed by atoms with Crippen LogP contribution in [0.25, 0.3) is 0 Å². The molecule has 0 aliphatic heterocycles. The molecule has 0 atom stereocenters. The fourth-order valence-electron chi connectivity index (χ4n) is 1.30. The predicted molar refractivity (Wildman–Crippen MR) is 60.7 cm³/mol. The van der Waals surface area contributed by atoms with Crippen LogP contribution in [-0.2, 0) is 0 Å². The molecular formula is C13H24. The molecule has 13 heavy (non-hydrogen) atoms. The van der Waals surface area contributed by atoms with Crippen LogP contribution in [0.2, 0.25) is 0 Å². The lowest BCUT2D eigenvalue weighted by Gasteiger charge is -1.96. The maximum absolute atomic E-state index is 3.23. The Kier molecular flexibility index (Phi) is 11.2. The molecule has 0 rings (SSSR count). The van der Waals surface area contributed by atoms with Crippen LogP contribution < -0.4 is 0 Å². The van der Waals surface area contributed by atoms with Crippen LogP contribution in [0.15, 0.2) is 0 Å². The monoisotopic (exact) mass is 180 g/mol. The van der Waals surface area contributed by atoms with Crippen molar-refractivity contribution < 1.29 is 0 Å². The van der Waals surface area contributed by atoms with Gasteiger partial charge in [-0.25, -0.2) is 0 Å². The molecule has 0 fully saturated rings. The van der Waals surface area contributed by atoms with Crippen LogP contribution in [-0.4, -0.2) is 0 Å². The van der Waals surface area contributed by atoms with Gasteiger partial charge in [0.2, 0.25) is 0 Å². The summed E-state index contributed by atoms with van der Waals surface area (Å²) in [4.78, 5) is 0. The minimum atomic E-state index is 1.08. The molecular weight excluding hydrogens is 156 g/mol. The normalized spacial score (nSPS) is 9.38. The highest BCUT2D eigenvalue weighted by atomic mass is 13.9. The van der Waals surface area contributed by atoms with Crippen molar-refractivity contribution >= 4 is 0 Å². The zero-order valence-electron chi connectivity index (χ0n) is 9.36. The van der Waals surface area contributed by atoms with Crippen LogP contribution in [0, 0.1) is 11.8 Å². The molecule has 0 heterocycles. The summed E-state index contributed by atoms with van der Waals surface area (Å²) in [5, 5.41) is 0. The second-order valence-electron chi connectivity index (χ2n) is 3.62. The van der Waals surface area contributed by atoms with Crippen molar-refractivity contribution in [1.82, 2.24) is 0 Å². The molecule has 0 nitrogen and oxygen atoms in total. The van der Waals surface area contributed by atoms with Gasteiger partial charge in [-0.05, 0) is 12.8 Å². The second kappa shape index (κ2) is 11.6. The van der Waals surface area contributed by atoms with E-state index in [0.717, 1.165) is 12.8 Å². The van der Waals surface area contributed by atoms with Crippen molar-refractivity contribution in [3.8, 4) is 11.8 Å². The molecule has 0 heteroatoms. The van der Waals surface area contributed by atoms with Crippen LogP contribution in [0.3, 0.4) is 0 Å². The average molecular weight is 180 g/mol. The van der Waals surface area contributed by atoms with Crippen molar-refractivity contribution in [2.75, 3.05) is 0 Å². The Labute approximate surface area is 84.1 Å². The Balaban J connectivity index is 2.96. The largest absolute Gasteiger partial charge is 0.103 e. The summed E-state index contributed by atoms with van der Waals surface area (Å²) < 4.78 is 0. The molecule has 0 aromatic rings. The lowest BCUT2D eigenvalue weighted by atomic mass is 10.1. The van der Waals surface area contributed by atoms with E-state index in [1.54, 1.807) is 0 Å². The maximum Gasteiger partial charge on any atom is 0.00886 e. The molecule has 0 bridgehead atoms. The van der Waals surface area contributed by atoms with Gasteiger partial charge >= 0.3 is 0 Å². The van der Waals surface area contributed by atoms with Crippen molar-refractivity contribution in [3.05, 3.63) is 0 Å². The van der Waals surface area contributed by atoms with E-state index < -0.39 is 0 Å². The first-order valence-electron chi connectivity index (χ1n) is 5.87. The SMILES string of the molecule is CCCC#CCCCCCCCC. The molecule has 0 amide bonds. The number of unbranched alkanes of at least 4 members (excludes halogenated alkanes) is 7. The van der Waals surface area contributed by atoms with Crippen LogP contribution in [0.5, 0.6) is 0 Å². The molecule has 76 valence electrons. The summed E-state index contributed by atoms with van der Waals surface area (Å²) in [6.45, 7) is 4.44. The highest BCUT2D eigenvalue weighted by molar-refractivity contribution is 4.98. The molecule has 0 unspecified atom stereocenters. The zero-order valence-corrected chi connectivity index (χ0v) is 9.36.